The van der Waals surface area contributed by atoms with E-state index in [2.05, 4.69) is 17.4 Å². The van der Waals surface area contributed by atoms with Crippen molar-refractivity contribution in [1.29, 1.82) is 0 Å². The van der Waals surface area contributed by atoms with Gasteiger partial charge in [0.2, 0.25) is 0 Å². The minimum atomic E-state index is -0.188. The number of rotatable bonds is 4. The summed E-state index contributed by atoms with van der Waals surface area (Å²) in [4.78, 5) is 14.3. The molecule has 2 amide bonds. The zero-order chi connectivity index (χ0) is 19.3. The number of nitrogens with one attached hydrogen (secondary N) is 1. The Morgan fingerprint density at radius 2 is 1.93 bits per heavy atom. The van der Waals surface area contributed by atoms with Gasteiger partial charge in [0.1, 0.15) is 6.61 Å². The van der Waals surface area contributed by atoms with E-state index in [1.54, 1.807) is 11.9 Å². The van der Waals surface area contributed by atoms with Crippen LogP contribution in [0.25, 0.3) is 0 Å². The SMILES string of the molecule is CN(CC1COc2ccccc2O1)C(=O)Nc1cccc(C2SCCCS2)c1. The van der Waals surface area contributed by atoms with Crippen LogP contribution in [0.1, 0.15) is 16.6 Å². The molecule has 2 aliphatic heterocycles. The van der Waals surface area contributed by atoms with E-state index < -0.39 is 0 Å². The van der Waals surface area contributed by atoms with E-state index in [1.807, 2.05) is 59.9 Å². The summed E-state index contributed by atoms with van der Waals surface area (Å²) in [6.07, 6.45) is 1.08. The third kappa shape index (κ3) is 4.70. The van der Waals surface area contributed by atoms with Crippen molar-refractivity contribution in [2.75, 3.05) is 37.0 Å². The number of para-hydroxylation sites is 2. The topological polar surface area (TPSA) is 50.8 Å². The molecule has 0 bridgehead atoms. The number of benzene rings is 2. The number of likely N-dealkylation sites (N-methyl/N-ethyl adjacent to an activating group) is 1. The standard InChI is InChI=1S/C21H24N2O3S2/c1-23(13-17-14-25-18-8-2-3-9-19(18)26-17)21(24)22-16-7-4-6-15(12-16)20-27-10-5-11-28-20/h2-4,6-9,12,17,20H,5,10-11,13-14H2,1H3,(H,22,24). The third-order valence-electron chi connectivity index (χ3n) is 4.63. The molecule has 28 heavy (non-hydrogen) atoms. The molecule has 0 radical (unpaired) electrons. The number of urea groups is 1. The summed E-state index contributed by atoms with van der Waals surface area (Å²) >= 11 is 3.95. The maximum absolute atomic E-state index is 12.6. The number of hydrogen-bond donors (Lipinski definition) is 1. The average molecular weight is 417 g/mol. The third-order valence-corrected chi connectivity index (χ3v) is 7.64. The Labute approximate surface area is 174 Å². The molecule has 1 saturated heterocycles. The molecular formula is C21H24N2O3S2. The quantitative estimate of drug-likeness (QED) is 0.771. The van der Waals surface area contributed by atoms with E-state index in [4.69, 9.17) is 9.47 Å². The second kappa shape index (κ2) is 9.01. The van der Waals surface area contributed by atoms with Crippen molar-refractivity contribution in [2.24, 2.45) is 0 Å². The lowest BCUT2D eigenvalue weighted by Gasteiger charge is -2.29. The molecule has 7 heteroatoms. The molecule has 2 aromatic carbocycles. The second-order valence-corrected chi connectivity index (χ2v) is 9.59. The zero-order valence-corrected chi connectivity index (χ0v) is 17.4. The molecule has 0 aliphatic carbocycles. The highest BCUT2D eigenvalue weighted by molar-refractivity contribution is 8.16. The smallest absolute Gasteiger partial charge is 0.321 e. The Balaban J connectivity index is 1.33. The summed E-state index contributed by atoms with van der Waals surface area (Å²) in [7, 11) is 1.77. The van der Waals surface area contributed by atoms with Crippen molar-refractivity contribution in [3.63, 3.8) is 0 Å². The van der Waals surface area contributed by atoms with E-state index in [1.165, 1.54) is 23.5 Å². The van der Waals surface area contributed by atoms with E-state index >= 15 is 0 Å². The van der Waals surface area contributed by atoms with Crippen LogP contribution < -0.4 is 14.8 Å². The van der Waals surface area contributed by atoms with Gasteiger partial charge in [0.25, 0.3) is 0 Å². The number of carbonyl (C=O) groups is 1. The first-order valence-corrected chi connectivity index (χ1v) is 11.5. The van der Waals surface area contributed by atoms with Crippen molar-refractivity contribution < 1.29 is 14.3 Å². The molecule has 4 rings (SSSR count). The highest BCUT2D eigenvalue weighted by Gasteiger charge is 2.24. The first-order valence-electron chi connectivity index (χ1n) is 9.43. The summed E-state index contributed by atoms with van der Waals surface area (Å²) in [5, 5.41) is 3.00. The van der Waals surface area contributed by atoms with Crippen LogP contribution in [-0.4, -0.2) is 48.7 Å². The highest BCUT2D eigenvalue weighted by atomic mass is 32.2. The lowest BCUT2D eigenvalue weighted by Crippen LogP contribution is -2.43. The highest BCUT2D eigenvalue weighted by Crippen LogP contribution is 2.44. The fourth-order valence-electron chi connectivity index (χ4n) is 3.20. The molecule has 5 nitrogen and oxygen atoms in total. The van der Waals surface area contributed by atoms with Gasteiger partial charge >= 0.3 is 6.03 Å². The van der Waals surface area contributed by atoms with Gasteiger partial charge in [0, 0.05) is 12.7 Å². The Bertz CT molecular complexity index is 827. The number of carbonyl (C=O) groups excluding carboxylic acids is 1. The summed E-state index contributed by atoms with van der Waals surface area (Å²) in [6.45, 7) is 0.883. The van der Waals surface area contributed by atoms with Crippen molar-refractivity contribution >= 4 is 35.2 Å². The average Bonchev–Trinajstić information content (AvgIpc) is 2.74. The molecule has 0 spiro atoms. The Morgan fingerprint density at radius 1 is 1.14 bits per heavy atom. The van der Waals surface area contributed by atoms with Crippen LogP contribution >= 0.6 is 23.5 Å². The van der Waals surface area contributed by atoms with Gasteiger partial charge in [0.05, 0.1) is 11.1 Å². The Morgan fingerprint density at radius 3 is 2.75 bits per heavy atom. The molecule has 1 fully saturated rings. The first-order chi connectivity index (χ1) is 13.7. The fraction of sp³-hybridized carbons (Fsp3) is 0.381. The maximum Gasteiger partial charge on any atom is 0.321 e. The summed E-state index contributed by atoms with van der Waals surface area (Å²) in [6, 6.07) is 15.6. The van der Waals surface area contributed by atoms with Crippen molar-refractivity contribution in [1.82, 2.24) is 4.90 Å². The van der Waals surface area contributed by atoms with Gasteiger partial charge in [0.15, 0.2) is 17.6 Å². The Kier molecular flexibility index (Phi) is 6.22. The number of ether oxygens (including phenoxy) is 2. The predicted molar refractivity (Wildman–Crippen MR) is 117 cm³/mol. The van der Waals surface area contributed by atoms with Crippen LogP contribution in [0.15, 0.2) is 48.5 Å². The van der Waals surface area contributed by atoms with Crippen molar-refractivity contribution in [2.45, 2.75) is 17.1 Å². The van der Waals surface area contributed by atoms with E-state index in [-0.39, 0.29) is 12.1 Å². The molecule has 2 heterocycles. The van der Waals surface area contributed by atoms with E-state index in [9.17, 15) is 4.79 Å². The monoisotopic (exact) mass is 416 g/mol. The zero-order valence-electron chi connectivity index (χ0n) is 15.8. The summed E-state index contributed by atoms with van der Waals surface area (Å²) in [5.74, 6) is 3.87. The van der Waals surface area contributed by atoms with Crippen molar-refractivity contribution in [3.05, 3.63) is 54.1 Å². The number of anilines is 1. The predicted octanol–water partition coefficient (Wildman–Crippen LogP) is 4.86. The molecule has 2 aromatic rings. The normalized spacial score (nSPS) is 19.1. The van der Waals surface area contributed by atoms with Crippen LogP contribution in [-0.2, 0) is 0 Å². The number of fused-ring (bicyclic) bond motifs is 1. The van der Waals surface area contributed by atoms with Gasteiger partial charge < -0.3 is 19.7 Å². The van der Waals surface area contributed by atoms with Gasteiger partial charge in [-0.1, -0.05) is 24.3 Å². The van der Waals surface area contributed by atoms with E-state index in [0.717, 1.165) is 17.2 Å². The molecule has 0 saturated carbocycles. The van der Waals surface area contributed by atoms with Gasteiger partial charge in [-0.3, -0.25) is 0 Å². The first kappa shape index (κ1) is 19.3. The number of nitrogens with zero attached hydrogens (tertiary/aromatic N) is 1. The van der Waals surface area contributed by atoms with Crippen LogP contribution in [0.5, 0.6) is 11.5 Å². The molecule has 0 aromatic heterocycles. The van der Waals surface area contributed by atoms with Crippen LogP contribution in [0, 0.1) is 0 Å². The number of hydrogen-bond acceptors (Lipinski definition) is 5. The van der Waals surface area contributed by atoms with Crippen LogP contribution in [0.3, 0.4) is 0 Å². The molecule has 2 aliphatic rings. The largest absolute Gasteiger partial charge is 0.486 e. The van der Waals surface area contributed by atoms with Gasteiger partial charge in [-0.2, -0.15) is 0 Å². The molecule has 1 unspecified atom stereocenters. The lowest BCUT2D eigenvalue weighted by molar-refractivity contribution is 0.0731. The van der Waals surface area contributed by atoms with Crippen molar-refractivity contribution in [3.8, 4) is 11.5 Å². The van der Waals surface area contributed by atoms with Gasteiger partial charge in [-0.15, -0.1) is 23.5 Å². The second-order valence-electron chi connectivity index (χ2n) is 6.86. The van der Waals surface area contributed by atoms with Gasteiger partial charge in [-0.05, 0) is 47.8 Å². The molecule has 1 N–H and O–H groups in total. The molecule has 148 valence electrons. The fourth-order valence-corrected chi connectivity index (χ4v) is 6.08. The molecule has 1 atom stereocenters. The lowest BCUT2D eigenvalue weighted by atomic mass is 10.2. The van der Waals surface area contributed by atoms with Crippen LogP contribution in [0.2, 0.25) is 0 Å². The minimum absolute atomic E-state index is 0.149. The van der Waals surface area contributed by atoms with Crippen LogP contribution in [0.4, 0.5) is 10.5 Å². The summed E-state index contributed by atoms with van der Waals surface area (Å²) in [5.41, 5.74) is 2.09. The summed E-state index contributed by atoms with van der Waals surface area (Å²) < 4.78 is 12.1. The number of thioether (sulfide) groups is 2. The van der Waals surface area contributed by atoms with E-state index in [0.29, 0.717) is 17.7 Å². The number of amides is 2. The van der Waals surface area contributed by atoms with Gasteiger partial charge in [-0.25, -0.2) is 4.79 Å². The molecular weight excluding hydrogens is 392 g/mol. The Hall–Kier alpha value is -1.99. The minimum Gasteiger partial charge on any atom is -0.486 e. The maximum atomic E-state index is 12.6.